The van der Waals surface area contributed by atoms with Crippen LogP contribution in [0.4, 0.5) is 0 Å². The summed E-state index contributed by atoms with van der Waals surface area (Å²) in [7, 11) is 0. The second-order valence-electron chi connectivity index (χ2n) is 7.97. The molecule has 1 heteroatoms. The highest BCUT2D eigenvalue weighted by Gasteiger charge is 2.47. The predicted molar refractivity (Wildman–Crippen MR) is 76.9 cm³/mol. The Morgan fingerprint density at radius 1 is 1.06 bits per heavy atom. The molecular formula is C16H31N. The minimum atomic E-state index is 0.369. The van der Waals surface area contributed by atoms with E-state index in [-0.39, 0.29) is 0 Å². The van der Waals surface area contributed by atoms with E-state index in [1.54, 1.807) is 0 Å². The Morgan fingerprint density at radius 2 is 1.53 bits per heavy atom. The molecule has 1 nitrogen and oxygen atoms in total. The van der Waals surface area contributed by atoms with E-state index in [2.05, 4.69) is 41.2 Å². The van der Waals surface area contributed by atoms with Gasteiger partial charge in [-0.3, -0.25) is 0 Å². The molecule has 17 heavy (non-hydrogen) atoms. The molecule has 0 bridgehead atoms. The fourth-order valence-electron chi connectivity index (χ4n) is 4.82. The maximum absolute atomic E-state index is 6.00. The molecule has 0 saturated heterocycles. The van der Waals surface area contributed by atoms with Gasteiger partial charge in [0, 0.05) is 0 Å². The molecule has 1 aliphatic carbocycles. The Kier molecular flexibility index (Phi) is 4.13. The Morgan fingerprint density at radius 3 is 1.88 bits per heavy atom. The molecule has 0 heterocycles. The Labute approximate surface area is 108 Å². The van der Waals surface area contributed by atoms with E-state index in [9.17, 15) is 0 Å². The van der Waals surface area contributed by atoms with Crippen LogP contribution in [0, 0.1) is 22.2 Å². The molecule has 0 aromatic heterocycles. The van der Waals surface area contributed by atoms with Crippen LogP contribution in [-0.4, -0.2) is 6.54 Å². The van der Waals surface area contributed by atoms with Gasteiger partial charge in [0.05, 0.1) is 0 Å². The van der Waals surface area contributed by atoms with Gasteiger partial charge >= 0.3 is 0 Å². The number of hydrogen-bond acceptors (Lipinski definition) is 1. The molecule has 1 saturated carbocycles. The number of hydrogen-bond donors (Lipinski definition) is 1. The maximum Gasteiger partial charge on any atom is -0.00407 e. The van der Waals surface area contributed by atoms with Gasteiger partial charge < -0.3 is 5.73 Å². The first-order valence-corrected chi connectivity index (χ1v) is 6.95. The standard InChI is InChI=1S/C16H31N/c1-7-8-13(9-17)16(6)11-14(2,3)10-15(4,5)12-16/h7,13H,1,8-12,17H2,2-6H3. The van der Waals surface area contributed by atoms with Crippen LogP contribution < -0.4 is 5.73 Å². The van der Waals surface area contributed by atoms with Crippen LogP contribution in [0.2, 0.25) is 0 Å². The van der Waals surface area contributed by atoms with Crippen LogP contribution in [-0.2, 0) is 0 Å². The normalized spacial score (nSPS) is 27.4. The van der Waals surface area contributed by atoms with Gasteiger partial charge in [-0.1, -0.05) is 40.7 Å². The third-order valence-corrected chi connectivity index (χ3v) is 4.44. The molecule has 0 spiro atoms. The molecule has 1 fully saturated rings. The molecule has 1 aliphatic rings. The molecule has 1 rings (SSSR count). The van der Waals surface area contributed by atoms with E-state index >= 15 is 0 Å². The van der Waals surface area contributed by atoms with Crippen LogP contribution >= 0.6 is 0 Å². The van der Waals surface area contributed by atoms with Crippen molar-refractivity contribution in [3.63, 3.8) is 0 Å². The molecule has 1 atom stereocenters. The van der Waals surface area contributed by atoms with Gasteiger partial charge in [0.15, 0.2) is 0 Å². The average Bonchev–Trinajstić information content (AvgIpc) is 2.07. The zero-order valence-corrected chi connectivity index (χ0v) is 12.5. The van der Waals surface area contributed by atoms with Gasteiger partial charge in [-0.15, -0.1) is 6.58 Å². The lowest BCUT2D eigenvalue weighted by molar-refractivity contribution is -0.0256. The van der Waals surface area contributed by atoms with Crippen LogP contribution in [0.5, 0.6) is 0 Å². The van der Waals surface area contributed by atoms with Crippen molar-refractivity contribution in [2.75, 3.05) is 6.54 Å². The van der Waals surface area contributed by atoms with Crippen LogP contribution in [0.25, 0.3) is 0 Å². The highest BCUT2D eigenvalue weighted by Crippen LogP contribution is 2.57. The molecule has 0 amide bonds. The average molecular weight is 237 g/mol. The van der Waals surface area contributed by atoms with Crippen molar-refractivity contribution in [1.82, 2.24) is 0 Å². The fourth-order valence-corrected chi connectivity index (χ4v) is 4.82. The third-order valence-electron chi connectivity index (χ3n) is 4.44. The van der Waals surface area contributed by atoms with Crippen LogP contribution in [0.15, 0.2) is 12.7 Å². The van der Waals surface area contributed by atoms with E-state index in [1.165, 1.54) is 19.3 Å². The van der Waals surface area contributed by atoms with Crippen molar-refractivity contribution in [3.05, 3.63) is 12.7 Å². The van der Waals surface area contributed by atoms with Crippen molar-refractivity contribution < 1.29 is 0 Å². The summed E-state index contributed by atoms with van der Waals surface area (Å²) >= 11 is 0. The summed E-state index contributed by atoms with van der Waals surface area (Å²) in [6.07, 6.45) is 7.00. The second kappa shape index (κ2) is 4.76. The second-order valence-corrected chi connectivity index (χ2v) is 7.97. The van der Waals surface area contributed by atoms with Crippen molar-refractivity contribution in [3.8, 4) is 0 Å². The summed E-state index contributed by atoms with van der Waals surface area (Å²) in [6.45, 7) is 16.8. The topological polar surface area (TPSA) is 26.0 Å². The van der Waals surface area contributed by atoms with Crippen LogP contribution in [0.3, 0.4) is 0 Å². The van der Waals surface area contributed by atoms with Crippen molar-refractivity contribution in [1.29, 1.82) is 0 Å². The summed E-state index contributed by atoms with van der Waals surface area (Å²) in [6, 6.07) is 0. The Balaban J connectivity index is 2.96. The minimum absolute atomic E-state index is 0.369. The fraction of sp³-hybridized carbons (Fsp3) is 0.875. The van der Waals surface area contributed by atoms with E-state index < -0.39 is 0 Å². The molecule has 1 unspecified atom stereocenters. The SMILES string of the molecule is C=CCC(CN)C1(C)CC(C)(C)CC(C)(C)C1. The summed E-state index contributed by atoms with van der Waals surface area (Å²) in [5.41, 5.74) is 7.24. The summed E-state index contributed by atoms with van der Waals surface area (Å²) in [5.74, 6) is 0.582. The first kappa shape index (κ1) is 14.8. The number of allylic oxidation sites excluding steroid dienone is 1. The lowest BCUT2D eigenvalue weighted by atomic mass is 9.52. The van der Waals surface area contributed by atoms with Gasteiger partial charge in [0.1, 0.15) is 0 Å². The lowest BCUT2D eigenvalue weighted by Crippen LogP contribution is -2.45. The third kappa shape index (κ3) is 3.58. The van der Waals surface area contributed by atoms with E-state index in [4.69, 9.17) is 5.73 Å². The van der Waals surface area contributed by atoms with Gasteiger partial charge in [0.2, 0.25) is 0 Å². The Hall–Kier alpha value is -0.300. The molecule has 0 aliphatic heterocycles. The molecule has 0 aromatic rings. The summed E-state index contributed by atoms with van der Waals surface area (Å²) in [5, 5.41) is 0. The minimum Gasteiger partial charge on any atom is -0.330 e. The monoisotopic (exact) mass is 237 g/mol. The van der Waals surface area contributed by atoms with E-state index in [0.717, 1.165) is 13.0 Å². The maximum atomic E-state index is 6.00. The van der Waals surface area contributed by atoms with Crippen LogP contribution in [0.1, 0.15) is 60.3 Å². The molecule has 0 aromatic carbocycles. The first-order chi connectivity index (χ1) is 7.64. The highest BCUT2D eigenvalue weighted by molar-refractivity contribution is 4.99. The highest BCUT2D eigenvalue weighted by atomic mass is 14.6. The molecule has 0 radical (unpaired) electrons. The van der Waals surface area contributed by atoms with E-state index in [1.807, 2.05) is 6.08 Å². The summed E-state index contributed by atoms with van der Waals surface area (Å²) in [4.78, 5) is 0. The van der Waals surface area contributed by atoms with Gasteiger partial charge in [-0.2, -0.15) is 0 Å². The lowest BCUT2D eigenvalue weighted by Gasteiger charge is -2.53. The predicted octanol–water partition coefficient (Wildman–Crippen LogP) is 4.38. The van der Waals surface area contributed by atoms with Gasteiger partial charge in [0.25, 0.3) is 0 Å². The number of rotatable bonds is 4. The molecular weight excluding hydrogens is 206 g/mol. The largest absolute Gasteiger partial charge is 0.330 e. The smallest absolute Gasteiger partial charge is 0.00407 e. The molecule has 100 valence electrons. The summed E-state index contributed by atoms with van der Waals surface area (Å²) < 4.78 is 0. The van der Waals surface area contributed by atoms with Gasteiger partial charge in [-0.05, 0) is 54.4 Å². The molecule has 2 N–H and O–H groups in total. The van der Waals surface area contributed by atoms with Crippen molar-refractivity contribution in [2.24, 2.45) is 27.9 Å². The van der Waals surface area contributed by atoms with Gasteiger partial charge in [-0.25, -0.2) is 0 Å². The van der Waals surface area contributed by atoms with E-state index in [0.29, 0.717) is 22.2 Å². The zero-order valence-electron chi connectivity index (χ0n) is 12.5. The first-order valence-electron chi connectivity index (χ1n) is 6.95. The number of nitrogens with two attached hydrogens (primary N) is 1. The van der Waals surface area contributed by atoms with Crippen molar-refractivity contribution >= 4 is 0 Å². The van der Waals surface area contributed by atoms with Crippen molar-refractivity contribution in [2.45, 2.75) is 60.3 Å². The quantitative estimate of drug-likeness (QED) is 0.721. The Bertz CT molecular complexity index is 259. The zero-order chi connectivity index (χ0) is 13.3.